The van der Waals surface area contributed by atoms with Crippen LogP contribution in [0.4, 0.5) is 10.8 Å². The van der Waals surface area contributed by atoms with Crippen molar-refractivity contribution in [2.75, 3.05) is 23.1 Å². The zero-order valence-corrected chi connectivity index (χ0v) is 20.3. The van der Waals surface area contributed by atoms with Crippen molar-refractivity contribution in [3.63, 3.8) is 0 Å². The maximum absolute atomic E-state index is 12.6. The number of benzene rings is 2. The van der Waals surface area contributed by atoms with Crippen LogP contribution in [-0.2, 0) is 16.6 Å². The predicted molar refractivity (Wildman–Crippen MR) is 132 cm³/mol. The van der Waals surface area contributed by atoms with Gasteiger partial charge in [-0.2, -0.15) is 0 Å². The number of para-hydroxylation sites is 1. The van der Waals surface area contributed by atoms with Crippen LogP contribution in [0.5, 0.6) is 0 Å². The molecular formula is C24H28N4O3S2. The minimum Gasteiger partial charge on any atom is -0.298 e. The Morgan fingerprint density at radius 2 is 1.73 bits per heavy atom. The second kappa shape index (κ2) is 10.0. The lowest BCUT2D eigenvalue weighted by atomic mass is 9.92. The highest BCUT2D eigenvalue weighted by atomic mass is 32.2. The molecule has 0 aliphatic carbocycles. The van der Waals surface area contributed by atoms with E-state index in [0.29, 0.717) is 28.2 Å². The number of anilines is 2. The van der Waals surface area contributed by atoms with E-state index in [-0.39, 0.29) is 10.8 Å². The quantitative estimate of drug-likeness (QED) is 0.508. The molecule has 2 aromatic carbocycles. The van der Waals surface area contributed by atoms with Crippen LogP contribution in [0.3, 0.4) is 0 Å². The van der Waals surface area contributed by atoms with Gasteiger partial charge in [-0.1, -0.05) is 32.0 Å². The van der Waals surface area contributed by atoms with E-state index < -0.39 is 10.0 Å². The van der Waals surface area contributed by atoms with E-state index in [0.717, 1.165) is 25.3 Å². The van der Waals surface area contributed by atoms with Gasteiger partial charge < -0.3 is 0 Å². The summed E-state index contributed by atoms with van der Waals surface area (Å²) in [6.07, 6.45) is 1.26. The van der Waals surface area contributed by atoms with Crippen LogP contribution in [0.1, 0.15) is 36.3 Å². The Kier molecular flexibility index (Phi) is 7.11. The molecule has 7 nitrogen and oxygen atoms in total. The third-order valence-corrected chi connectivity index (χ3v) is 7.76. The van der Waals surface area contributed by atoms with Crippen molar-refractivity contribution in [3.8, 4) is 0 Å². The summed E-state index contributed by atoms with van der Waals surface area (Å²) in [6, 6.07) is 14.5. The number of hydrogen-bond acceptors (Lipinski definition) is 6. The minimum absolute atomic E-state index is 0.0874. The number of sulfonamides is 1. The summed E-state index contributed by atoms with van der Waals surface area (Å²) in [5.41, 5.74) is 1.79. The number of nitrogens with one attached hydrogen (secondary N) is 2. The summed E-state index contributed by atoms with van der Waals surface area (Å²) in [5.74, 6) is 1.04. The average Bonchev–Trinajstić information content (AvgIpc) is 3.20. The van der Waals surface area contributed by atoms with Crippen LogP contribution in [0.15, 0.2) is 64.9 Å². The van der Waals surface area contributed by atoms with Gasteiger partial charge >= 0.3 is 0 Å². The molecule has 1 aromatic heterocycles. The first-order chi connectivity index (χ1) is 15.8. The molecule has 0 spiro atoms. The molecule has 1 aliphatic rings. The molecule has 33 heavy (non-hydrogen) atoms. The summed E-state index contributed by atoms with van der Waals surface area (Å²) < 4.78 is 27.6. The molecule has 0 bridgehead atoms. The Labute approximate surface area is 198 Å². The Morgan fingerprint density at radius 1 is 1.06 bits per heavy atom. The number of thiazole rings is 1. The normalized spacial score (nSPS) is 19.2. The van der Waals surface area contributed by atoms with Gasteiger partial charge in [0, 0.05) is 36.3 Å². The fourth-order valence-corrected chi connectivity index (χ4v) is 6.02. The maximum Gasteiger partial charge on any atom is 0.261 e. The number of carbonyl (C=O) groups is 1. The molecular weight excluding hydrogens is 456 g/mol. The first-order valence-electron chi connectivity index (χ1n) is 10.9. The highest BCUT2D eigenvalue weighted by molar-refractivity contribution is 7.92. The summed E-state index contributed by atoms with van der Waals surface area (Å²) in [4.78, 5) is 19.7. The van der Waals surface area contributed by atoms with Gasteiger partial charge in [0.05, 0.1) is 10.6 Å². The third kappa shape index (κ3) is 6.19. The van der Waals surface area contributed by atoms with Crippen molar-refractivity contribution in [3.05, 3.63) is 71.2 Å². The lowest BCUT2D eigenvalue weighted by Gasteiger charge is -2.34. The SMILES string of the molecule is C[C@H]1C[C@H](C)CN(Cc2csc(NC(=O)c3ccc(S(=O)(=O)Nc4ccccc4)cc3)n2)C1. The van der Waals surface area contributed by atoms with Gasteiger partial charge in [0.1, 0.15) is 0 Å². The van der Waals surface area contributed by atoms with Gasteiger partial charge in [0.15, 0.2) is 5.13 Å². The van der Waals surface area contributed by atoms with Crippen LogP contribution in [0, 0.1) is 11.8 Å². The monoisotopic (exact) mass is 484 g/mol. The van der Waals surface area contributed by atoms with Crippen LogP contribution >= 0.6 is 11.3 Å². The van der Waals surface area contributed by atoms with Gasteiger partial charge in [-0.3, -0.25) is 19.7 Å². The minimum atomic E-state index is -3.73. The number of amides is 1. The summed E-state index contributed by atoms with van der Waals surface area (Å²) in [7, 11) is -3.73. The molecule has 1 amide bonds. The number of rotatable bonds is 7. The van der Waals surface area contributed by atoms with E-state index in [1.165, 1.54) is 42.0 Å². The van der Waals surface area contributed by atoms with Crippen LogP contribution < -0.4 is 10.0 Å². The topological polar surface area (TPSA) is 91.4 Å². The molecule has 2 heterocycles. The predicted octanol–water partition coefficient (Wildman–Crippen LogP) is 4.67. The highest BCUT2D eigenvalue weighted by Gasteiger charge is 2.22. The number of piperidine rings is 1. The first-order valence-corrected chi connectivity index (χ1v) is 13.3. The standard InChI is InChI=1S/C24H28N4O3S2/c1-17-12-18(2)14-28(13-17)15-21-16-32-24(25-21)26-23(29)19-8-10-22(11-9-19)33(30,31)27-20-6-4-3-5-7-20/h3-11,16-18,27H,12-15H2,1-2H3,(H,25,26,29)/t17-,18-/m0/s1. The lowest BCUT2D eigenvalue weighted by Crippen LogP contribution is -2.38. The van der Waals surface area contributed by atoms with Crippen molar-refractivity contribution >= 4 is 38.1 Å². The Morgan fingerprint density at radius 3 is 2.39 bits per heavy atom. The summed E-state index contributed by atoms with van der Waals surface area (Å²) in [6.45, 7) is 7.48. The maximum atomic E-state index is 12.6. The van der Waals surface area contributed by atoms with Crippen molar-refractivity contribution in [1.82, 2.24) is 9.88 Å². The highest BCUT2D eigenvalue weighted by Crippen LogP contribution is 2.24. The molecule has 9 heteroatoms. The Balaban J connectivity index is 1.36. The van der Waals surface area contributed by atoms with Crippen molar-refractivity contribution in [2.24, 2.45) is 11.8 Å². The zero-order chi connectivity index (χ0) is 23.4. The lowest BCUT2D eigenvalue weighted by molar-refractivity contribution is 0.102. The molecule has 0 saturated carbocycles. The average molecular weight is 485 g/mol. The number of aromatic nitrogens is 1. The molecule has 2 atom stereocenters. The van der Waals surface area contributed by atoms with Gasteiger partial charge in [-0.25, -0.2) is 13.4 Å². The third-order valence-electron chi connectivity index (χ3n) is 5.56. The molecule has 2 N–H and O–H groups in total. The largest absolute Gasteiger partial charge is 0.298 e. The second-order valence-electron chi connectivity index (χ2n) is 8.73. The Hall–Kier alpha value is -2.75. The number of likely N-dealkylation sites (tertiary alicyclic amines) is 1. The van der Waals surface area contributed by atoms with Gasteiger partial charge in [-0.05, 0) is 54.7 Å². The van der Waals surface area contributed by atoms with Crippen LogP contribution in [0.2, 0.25) is 0 Å². The van der Waals surface area contributed by atoms with Crippen LogP contribution in [0.25, 0.3) is 0 Å². The van der Waals surface area contributed by atoms with E-state index in [4.69, 9.17) is 0 Å². The first kappa shape index (κ1) is 23.4. The molecule has 174 valence electrons. The molecule has 1 aliphatic heterocycles. The van der Waals surface area contributed by atoms with Gasteiger partial charge in [0.2, 0.25) is 0 Å². The summed E-state index contributed by atoms with van der Waals surface area (Å²) >= 11 is 1.40. The molecule has 1 fully saturated rings. The smallest absolute Gasteiger partial charge is 0.261 e. The van der Waals surface area contributed by atoms with Gasteiger partial charge in [-0.15, -0.1) is 11.3 Å². The molecule has 0 unspecified atom stereocenters. The van der Waals surface area contributed by atoms with Crippen molar-refractivity contribution in [2.45, 2.75) is 31.7 Å². The second-order valence-corrected chi connectivity index (χ2v) is 11.3. The molecule has 4 rings (SSSR count). The number of hydrogen-bond donors (Lipinski definition) is 2. The van der Waals surface area contributed by atoms with E-state index in [1.807, 2.05) is 11.4 Å². The summed E-state index contributed by atoms with van der Waals surface area (Å²) in [5, 5.41) is 5.33. The Bertz CT molecular complexity index is 1180. The van der Waals surface area contributed by atoms with Crippen molar-refractivity contribution < 1.29 is 13.2 Å². The van der Waals surface area contributed by atoms with E-state index in [2.05, 4.69) is 33.8 Å². The van der Waals surface area contributed by atoms with Gasteiger partial charge in [0.25, 0.3) is 15.9 Å². The number of carbonyl (C=O) groups excluding carboxylic acids is 1. The zero-order valence-electron chi connectivity index (χ0n) is 18.7. The number of nitrogens with zero attached hydrogens (tertiary/aromatic N) is 2. The van der Waals surface area contributed by atoms with Crippen molar-refractivity contribution in [1.29, 1.82) is 0 Å². The van der Waals surface area contributed by atoms with Crippen LogP contribution in [-0.4, -0.2) is 37.3 Å². The molecule has 0 radical (unpaired) electrons. The van der Waals surface area contributed by atoms with E-state index >= 15 is 0 Å². The fourth-order valence-electron chi connectivity index (χ4n) is 4.26. The van der Waals surface area contributed by atoms with E-state index in [9.17, 15) is 13.2 Å². The van der Waals surface area contributed by atoms with E-state index in [1.54, 1.807) is 24.3 Å². The molecule has 1 saturated heterocycles. The molecule has 3 aromatic rings. The fraction of sp³-hybridized carbons (Fsp3) is 0.333.